The first-order valence-corrected chi connectivity index (χ1v) is 11.5. The van der Waals surface area contributed by atoms with Crippen LogP contribution in [0.1, 0.15) is 27.4 Å². The first-order chi connectivity index (χ1) is 17.5. The zero-order valence-corrected chi connectivity index (χ0v) is 19.9. The van der Waals surface area contributed by atoms with Crippen molar-refractivity contribution in [1.82, 2.24) is 0 Å². The van der Waals surface area contributed by atoms with E-state index < -0.39 is 29.3 Å². The predicted octanol–water partition coefficient (Wildman–Crippen LogP) is 3.95. The molecule has 1 amide bonds. The molecular formula is C29H25N3O4. The summed E-state index contributed by atoms with van der Waals surface area (Å²) < 4.78 is 10.7. The Morgan fingerprint density at radius 1 is 0.972 bits per heavy atom. The fraction of sp³-hybridized carbons (Fsp3) is 0.207. The fourth-order valence-electron chi connectivity index (χ4n) is 5.56. The molecule has 0 aromatic heterocycles. The number of hydrogen-bond acceptors (Lipinski definition) is 6. The summed E-state index contributed by atoms with van der Waals surface area (Å²) in [7, 11) is 3.10. The Labute approximate surface area is 209 Å². The number of carbonyl (C=O) groups is 2. The molecule has 180 valence electrons. The molecule has 0 aliphatic carbocycles. The number of Topliss-reactive ketones (excluding diaryl/α,β-unsaturated/α-hetero) is 1. The van der Waals surface area contributed by atoms with Gasteiger partial charge >= 0.3 is 0 Å². The lowest BCUT2D eigenvalue weighted by molar-refractivity contribution is -0.125. The highest BCUT2D eigenvalue weighted by Gasteiger charge is 2.65. The Hall–Kier alpha value is -4.57. The largest absolute Gasteiger partial charge is 0.497 e. The van der Waals surface area contributed by atoms with Crippen LogP contribution < -0.4 is 20.1 Å². The third-order valence-electron chi connectivity index (χ3n) is 7.24. The van der Waals surface area contributed by atoms with Crippen molar-refractivity contribution in [3.8, 4) is 17.6 Å². The molecule has 0 saturated carbocycles. The predicted molar refractivity (Wildman–Crippen MR) is 136 cm³/mol. The molecule has 2 aliphatic rings. The van der Waals surface area contributed by atoms with Crippen LogP contribution in [-0.4, -0.2) is 38.0 Å². The van der Waals surface area contributed by atoms with E-state index in [2.05, 4.69) is 6.07 Å². The molecular weight excluding hydrogens is 454 g/mol. The number of anilines is 1. The van der Waals surface area contributed by atoms with Crippen LogP contribution in [-0.2, 0) is 4.79 Å². The van der Waals surface area contributed by atoms with E-state index in [9.17, 15) is 14.9 Å². The Bertz CT molecular complexity index is 1410. The van der Waals surface area contributed by atoms with E-state index >= 15 is 0 Å². The van der Waals surface area contributed by atoms with Crippen molar-refractivity contribution < 1.29 is 19.1 Å². The van der Waals surface area contributed by atoms with E-state index in [1.54, 1.807) is 55.6 Å². The van der Waals surface area contributed by atoms with Gasteiger partial charge in [-0.3, -0.25) is 9.59 Å². The normalized spacial score (nSPS) is 23.8. The summed E-state index contributed by atoms with van der Waals surface area (Å²) in [4.78, 5) is 29.4. The summed E-state index contributed by atoms with van der Waals surface area (Å²) in [5.74, 6) is -0.687. The van der Waals surface area contributed by atoms with Gasteiger partial charge in [0, 0.05) is 17.2 Å². The lowest BCUT2D eigenvalue weighted by atomic mass is 9.67. The van der Waals surface area contributed by atoms with Crippen LogP contribution in [0.2, 0.25) is 0 Å². The molecule has 1 saturated heterocycles. The van der Waals surface area contributed by atoms with Gasteiger partial charge in [0.25, 0.3) is 0 Å². The number of benzene rings is 3. The first-order valence-electron chi connectivity index (χ1n) is 11.5. The maximum atomic E-state index is 14.3. The number of nitrogens with zero attached hydrogens (tertiary/aromatic N) is 2. The van der Waals surface area contributed by atoms with Gasteiger partial charge in [0.2, 0.25) is 5.91 Å². The highest BCUT2D eigenvalue weighted by molar-refractivity contribution is 6.06. The lowest BCUT2D eigenvalue weighted by Gasteiger charge is -2.36. The van der Waals surface area contributed by atoms with Gasteiger partial charge in [-0.2, -0.15) is 5.26 Å². The second-order valence-electron chi connectivity index (χ2n) is 8.91. The zero-order chi connectivity index (χ0) is 25.4. The van der Waals surface area contributed by atoms with Crippen molar-refractivity contribution in [2.45, 2.75) is 18.0 Å². The Balaban J connectivity index is 1.78. The zero-order valence-electron chi connectivity index (χ0n) is 19.9. The SMILES string of the molecule is COc1ccc([C@@H]2[C@H](C(=O)c3cccc(OC)c3)N3c4ccccc4C=C[C@@H]3[C@@]2(C#N)C(N)=O)cc1. The number of nitriles is 1. The van der Waals surface area contributed by atoms with Crippen molar-refractivity contribution in [1.29, 1.82) is 5.26 Å². The summed E-state index contributed by atoms with van der Waals surface area (Å²) >= 11 is 0. The Kier molecular flexibility index (Phi) is 5.73. The molecule has 2 N–H and O–H groups in total. The van der Waals surface area contributed by atoms with E-state index in [-0.39, 0.29) is 5.78 Å². The minimum atomic E-state index is -1.70. The number of fused-ring (bicyclic) bond motifs is 3. The third kappa shape index (κ3) is 3.34. The minimum absolute atomic E-state index is 0.233. The van der Waals surface area contributed by atoms with Crippen LogP contribution in [0.3, 0.4) is 0 Å². The number of primary amides is 1. The van der Waals surface area contributed by atoms with Gasteiger partial charge in [-0.1, -0.05) is 54.6 Å². The van der Waals surface area contributed by atoms with Crippen molar-refractivity contribution in [3.05, 3.63) is 95.6 Å². The highest BCUT2D eigenvalue weighted by Crippen LogP contribution is 2.55. The number of hydrogen-bond donors (Lipinski definition) is 1. The number of ether oxygens (including phenoxy) is 2. The summed E-state index contributed by atoms with van der Waals surface area (Å²) in [5.41, 5.74) is 7.05. The molecule has 7 nitrogen and oxygen atoms in total. The third-order valence-corrected chi connectivity index (χ3v) is 7.24. The van der Waals surface area contributed by atoms with Crippen LogP contribution >= 0.6 is 0 Å². The number of para-hydroxylation sites is 1. The van der Waals surface area contributed by atoms with Crippen LogP contribution in [0.4, 0.5) is 5.69 Å². The molecule has 0 spiro atoms. The van der Waals surface area contributed by atoms with Crippen LogP contribution in [0.5, 0.6) is 11.5 Å². The number of amides is 1. The van der Waals surface area contributed by atoms with E-state index in [1.165, 1.54) is 7.11 Å². The molecule has 0 bridgehead atoms. The second-order valence-corrected chi connectivity index (χ2v) is 8.91. The monoisotopic (exact) mass is 479 g/mol. The first kappa shape index (κ1) is 23.2. The molecule has 7 heteroatoms. The molecule has 0 unspecified atom stereocenters. The van der Waals surface area contributed by atoms with Gasteiger partial charge in [0.15, 0.2) is 11.2 Å². The number of rotatable bonds is 6. The van der Waals surface area contributed by atoms with Crippen molar-refractivity contribution >= 4 is 23.5 Å². The van der Waals surface area contributed by atoms with E-state index in [4.69, 9.17) is 15.2 Å². The van der Waals surface area contributed by atoms with Crippen molar-refractivity contribution in [2.24, 2.45) is 11.1 Å². The van der Waals surface area contributed by atoms with Crippen molar-refractivity contribution in [3.63, 3.8) is 0 Å². The highest BCUT2D eigenvalue weighted by atomic mass is 16.5. The van der Waals surface area contributed by atoms with Gasteiger partial charge < -0.3 is 20.1 Å². The summed E-state index contributed by atoms with van der Waals surface area (Å²) in [6.45, 7) is 0. The molecule has 36 heavy (non-hydrogen) atoms. The maximum absolute atomic E-state index is 14.3. The molecule has 2 heterocycles. The second kappa shape index (κ2) is 8.90. The topological polar surface area (TPSA) is 106 Å². The standard InChI is InChI=1S/C29H25N3O4/c1-35-21-13-10-19(11-14-21)25-26(27(33)20-7-5-8-22(16-20)36-2)32-23-9-4-3-6-18(23)12-15-24(32)29(25,17-30)28(31)34/h3-16,24-26H,1-2H3,(H2,31,34)/t24-,25-,26-,29-/m1/s1. The van der Waals surface area contributed by atoms with E-state index in [1.807, 2.05) is 41.3 Å². The van der Waals surface area contributed by atoms with Gasteiger partial charge in [0.05, 0.1) is 26.3 Å². The maximum Gasteiger partial charge on any atom is 0.241 e. The molecule has 4 atom stereocenters. The smallest absolute Gasteiger partial charge is 0.241 e. The molecule has 1 fully saturated rings. The number of nitrogens with two attached hydrogens (primary N) is 1. The molecule has 0 radical (unpaired) electrons. The van der Waals surface area contributed by atoms with Gasteiger partial charge in [-0.05, 0) is 41.5 Å². The van der Waals surface area contributed by atoms with Crippen molar-refractivity contribution in [2.75, 3.05) is 19.1 Å². The average Bonchev–Trinajstić information content (AvgIpc) is 3.24. The molecule has 3 aromatic carbocycles. The van der Waals surface area contributed by atoms with Gasteiger partial charge in [-0.15, -0.1) is 0 Å². The van der Waals surface area contributed by atoms with Crippen LogP contribution in [0, 0.1) is 16.7 Å². The van der Waals surface area contributed by atoms with Crippen LogP contribution in [0.25, 0.3) is 6.08 Å². The average molecular weight is 480 g/mol. The minimum Gasteiger partial charge on any atom is -0.497 e. The molecule has 3 aromatic rings. The Morgan fingerprint density at radius 2 is 1.69 bits per heavy atom. The number of ketones is 1. The molecule has 5 rings (SSSR count). The molecule has 2 aliphatic heterocycles. The lowest BCUT2D eigenvalue weighted by Crippen LogP contribution is -2.49. The fourth-order valence-corrected chi connectivity index (χ4v) is 5.56. The Morgan fingerprint density at radius 3 is 2.36 bits per heavy atom. The van der Waals surface area contributed by atoms with Gasteiger partial charge in [-0.25, -0.2) is 0 Å². The summed E-state index contributed by atoms with van der Waals surface area (Å²) in [6.07, 6.45) is 3.70. The van der Waals surface area contributed by atoms with Gasteiger partial charge in [0.1, 0.15) is 17.5 Å². The quantitative estimate of drug-likeness (QED) is 0.537. The van der Waals surface area contributed by atoms with Crippen LogP contribution in [0.15, 0.2) is 78.9 Å². The summed E-state index contributed by atoms with van der Waals surface area (Å²) in [5, 5.41) is 10.6. The van der Waals surface area contributed by atoms with E-state index in [0.29, 0.717) is 22.6 Å². The number of methoxy groups -OCH3 is 2. The summed E-state index contributed by atoms with van der Waals surface area (Å²) in [6, 6.07) is 22.3. The number of carbonyl (C=O) groups excluding carboxylic acids is 2. The van der Waals surface area contributed by atoms with E-state index in [0.717, 1.165) is 11.3 Å².